The molecule has 0 aliphatic rings. The topological polar surface area (TPSA) is 52.0 Å². The Morgan fingerprint density at radius 2 is 2.15 bits per heavy atom. The molecule has 0 spiro atoms. The first kappa shape index (κ1) is 10.2. The van der Waals surface area contributed by atoms with E-state index in [1.54, 1.807) is 13.0 Å². The zero-order chi connectivity index (χ0) is 9.84. The summed E-state index contributed by atoms with van der Waals surface area (Å²) in [6.45, 7) is 2.25. The van der Waals surface area contributed by atoms with Gasteiger partial charge in [-0.25, -0.2) is 4.39 Å². The van der Waals surface area contributed by atoms with Crippen molar-refractivity contribution in [2.24, 2.45) is 11.5 Å². The summed E-state index contributed by atoms with van der Waals surface area (Å²) >= 11 is 0. The summed E-state index contributed by atoms with van der Waals surface area (Å²) in [7, 11) is 0. The fourth-order valence-corrected chi connectivity index (χ4v) is 1.19. The number of rotatable bonds is 3. The van der Waals surface area contributed by atoms with Gasteiger partial charge in [-0.3, -0.25) is 0 Å². The number of aryl methyl sites for hydroxylation is 1. The lowest BCUT2D eigenvalue weighted by molar-refractivity contribution is 0.604. The molecule has 0 aliphatic carbocycles. The molecule has 0 heterocycles. The highest BCUT2D eigenvalue weighted by Crippen LogP contribution is 2.16. The Labute approximate surface area is 77.7 Å². The molecular weight excluding hydrogens is 167 g/mol. The van der Waals surface area contributed by atoms with Gasteiger partial charge in [-0.15, -0.1) is 0 Å². The van der Waals surface area contributed by atoms with Crippen LogP contribution in [0.2, 0.25) is 0 Å². The van der Waals surface area contributed by atoms with Crippen molar-refractivity contribution in [3.05, 3.63) is 35.1 Å². The Hall–Kier alpha value is -0.930. The second-order valence-electron chi connectivity index (χ2n) is 3.19. The van der Waals surface area contributed by atoms with Crippen molar-refractivity contribution in [1.29, 1.82) is 0 Å². The van der Waals surface area contributed by atoms with Crippen molar-refractivity contribution < 1.29 is 4.39 Å². The normalized spacial score (nSPS) is 12.9. The molecule has 1 rings (SSSR count). The molecule has 4 N–H and O–H groups in total. The molecule has 0 unspecified atom stereocenters. The van der Waals surface area contributed by atoms with Crippen LogP contribution in [-0.2, 0) is 0 Å². The Morgan fingerprint density at radius 1 is 1.46 bits per heavy atom. The maximum atomic E-state index is 13.1. The van der Waals surface area contributed by atoms with E-state index < -0.39 is 0 Å². The summed E-state index contributed by atoms with van der Waals surface area (Å²) in [4.78, 5) is 0. The van der Waals surface area contributed by atoms with E-state index in [-0.39, 0.29) is 11.9 Å². The van der Waals surface area contributed by atoms with E-state index in [1.807, 2.05) is 6.07 Å². The van der Waals surface area contributed by atoms with E-state index in [1.165, 1.54) is 6.07 Å². The fraction of sp³-hybridized carbons (Fsp3) is 0.400. The first-order valence-electron chi connectivity index (χ1n) is 4.37. The molecular formula is C10H15FN2. The van der Waals surface area contributed by atoms with Crippen molar-refractivity contribution in [1.82, 2.24) is 0 Å². The summed E-state index contributed by atoms with van der Waals surface area (Å²) in [6, 6.07) is 4.91. The Bertz CT molecular complexity index is 286. The second-order valence-corrected chi connectivity index (χ2v) is 3.19. The van der Waals surface area contributed by atoms with Crippen LogP contribution >= 0.6 is 0 Å². The average Bonchev–Trinajstić information content (AvgIpc) is 2.10. The van der Waals surface area contributed by atoms with Gasteiger partial charge in [0, 0.05) is 6.04 Å². The molecule has 1 aromatic carbocycles. The Balaban J connectivity index is 2.84. The third-order valence-electron chi connectivity index (χ3n) is 2.10. The molecule has 1 atom stereocenters. The van der Waals surface area contributed by atoms with Crippen molar-refractivity contribution in [2.45, 2.75) is 19.4 Å². The summed E-state index contributed by atoms with van der Waals surface area (Å²) in [5.74, 6) is -0.204. The number of hydrogen-bond donors (Lipinski definition) is 2. The predicted octanol–water partition coefficient (Wildman–Crippen LogP) is 1.48. The molecule has 0 fully saturated rings. The highest BCUT2D eigenvalue weighted by Gasteiger charge is 2.06. The van der Waals surface area contributed by atoms with E-state index in [2.05, 4.69) is 0 Å². The van der Waals surface area contributed by atoms with Gasteiger partial charge in [-0.2, -0.15) is 0 Å². The van der Waals surface area contributed by atoms with Crippen LogP contribution in [0, 0.1) is 12.7 Å². The number of nitrogens with two attached hydrogens (primary N) is 2. The summed E-state index contributed by atoms with van der Waals surface area (Å²) in [5, 5.41) is 0. The molecule has 13 heavy (non-hydrogen) atoms. The maximum absolute atomic E-state index is 13.1. The minimum Gasteiger partial charge on any atom is -0.330 e. The first-order valence-corrected chi connectivity index (χ1v) is 4.37. The lowest BCUT2D eigenvalue weighted by atomic mass is 10.0. The van der Waals surface area contributed by atoms with Gasteiger partial charge in [0.25, 0.3) is 0 Å². The van der Waals surface area contributed by atoms with Crippen molar-refractivity contribution in [2.75, 3.05) is 6.54 Å². The van der Waals surface area contributed by atoms with E-state index >= 15 is 0 Å². The Morgan fingerprint density at radius 3 is 2.69 bits per heavy atom. The number of halogens is 1. The lowest BCUT2D eigenvalue weighted by Crippen LogP contribution is -2.15. The van der Waals surface area contributed by atoms with Gasteiger partial charge >= 0.3 is 0 Å². The molecule has 1 aromatic rings. The summed E-state index contributed by atoms with van der Waals surface area (Å²) < 4.78 is 13.1. The van der Waals surface area contributed by atoms with Crippen LogP contribution in [0.5, 0.6) is 0 Å². The third-order valence-corrected chi connectivity index (χ3v) is 2.10. The Kier molecular flexibility index (Phi) is 3.39. The molecule has 0 saturated carbocycles. The van der Waals surface area contributed by atoms with Gasteiger partial charge in [0.1, 0.15) is 5.82 Å². The highest BCUT2D eigenvalue weighted by atomic mass is 19.1. The standard InChI is InChI=1S/C10H15FN2/c1-7-2-3-8(6-9(7)11)10(13)4-5-12/h2-3,6,10H,4-5,12-13H2,1H3/t10-/m0/s1. The van der Waals surface area contributed by atoms with Crippen LogP contribution in [-0.4, -0.2) is 6.54 Å². The fourth-order valence-electron chi connectivity index (χ4n) is 1.19. The lowest BCUT2D eigenvalue weighted by Gasteiger charge is -2.10. The highest BCUT2D eigenvalue weighted by molar-refractivity contribution is 5.25. The van der Waals surface area contributed by atoms with Crippen molar-refractivity contribution >= 4 is 0 Å². The molecule has 2 nitrogen and oxygen atoms in total. The van der Waals surface area contributed by atoms with Crippen LogP contribution in [0.4, 0.5) is 4.39 Å². The van der Waals surface area contributed by atoms with Gasteiger partial charge in [0.2, 0.25) is 0 Å². The van der Waals surface area contributed by atoms with E-state index in [9.17, 15) is 4.39 Å². The summed E-state index contributed by atoms with van der Waals surface area (Å²) in [6.07, 6.45) is 0.683. The van der Waals surface area contributed by atoms with Crippen molar-refractivity contribution in [3.63, 3.8) is 0 Å². The zero-order valence-corrected chi connectivity index (χ0v) is 7.76. The number of benzene rings is 1. The van der Waals surface area contributed by atoms with Crippen molar-refractivity contribution in [3.8, 4) is 0 Å². The zero-order valence-electron chi connectivity index (χ0n) is 7.76. The molecule has 0 aliphatic heterocycles. The average molecular weight is 182 g/mol. The second kappa shape index (κ2) is 4.35. The molecule has 0 radical (unpaired) electrons. The smallest absolute Gasteiger partial charge is 0.126 e. The van der Waals surface area contributed by atoms with Crippen LogP contribution < -0.4 is 11.5 Å². The molecule has 0 amide bonds. The van der Waals surface area contributed by atoms with Gasteiger partial charge in [0.15, 0.2) is 0 Å². The van der Waals surface area contributed by atoms with E-state index in [0.29, 0.717) is 18.5 Å². The van der Waals surface area contributed by atoms with Crippen LogP contribution in [0.1, 0.15) is 23.6 Å². The number of hydrogen-bond acceptors (Lipinski definition) is 2. The first-order chi connectivity index (χ1) is 6.15. The molecule has 72 valence electrons. The van der Waals surface area contributed by atoms with Gasteiger partial charge in [0.05, 0.1) is 0 Å². The largest absolute Gasteiger partial charge is 0.330 e. The quantitative estimate of drug-likeness (QED) is 0.744. The molecule has 0 bridgehead atoms. The summed E-state index contributed by atoms with van der Waals surface area (Å²) in [5.41, 5.74) is 12.6. The van der Waals surface area contributed by atoms with Gasteiger partial charge < -0.3 is 11.5 Å². The van der Waals surface area contributed by atoms with Gasteiger partial charge in [-0.05, 0) is 37.1 Å². The third kappa shape index (κ3) is 2.50. The van der Waals surface area contributed by atoms with Crippen LogP contribution in [0.3, 0.4) is 0 Å². The van der Waals surface area contributed by atoms with E-state index in [0.717, 1.165) is 5.56 Å². The van der Waals surface area contributed by atoms with E-state index in [4.69, 9.17) is 11.5 Å². The van der Waals surface area contributed by atoms with Crippen LogP contribution in [0.25, 0.3) is 0 Å². The monoisotopic (exact) mass is 182 g/mol. The molecule has 3 heteroatoms. The minimum absolute atomic E-state index is 0.153. The minimum atomic E-state index is -0.204. The maximum Gasteiger partial charge on any atom is 0.126 e. The predicted molar refractivity (Wildman–Crippen MR) is 51.7 cm³/mol. The SMILES string of the molecule is Cc1ccc([C@@H](N)CCN)cc1F. The van der Waals surface area contributed by atoms with Gasteiger partial charge in [-0.1, -0.05) is 12.1 Å². The molecule has 0 saturated heterocycles. The van der Waals surface area contributed by atoms with Crippen LogP contribution in [0.15, 0.2) is 18.2 Å². The molecule has 0 aromatic heterocycles.